The van der Waals surface area contributed by atoms with Gasteiger partial charge >= 0.3 is 0 Å². The van der Waals surface area contributed by atoms with E-state index < -0.39 is 0 Å². The van der Waals surface area contributed by atoms with Crippen LogP contribution in [-0.2, 0) is 0 Å². The molecular weight excluding hydrogens is 310 g/mol. The second kappa shape index (κ2) is 5.81. The summed E-state index contributed by atoms with van der Waals surface area (Å²) < 4.78 is 5.62. The van der Waals surface area contributed by atoms with E-state index in [2.05, 4.69) is 48.9 Å². The van der Waals surface area contributed by atoms with Gasteiger partial charge in [0.15, 0.2) is 0 Å². The van der Waals surface area contributed by atoms with Crippen LogP contribution in [0.2, 0.25) is 0 Å². The van der Waals surface area contributed by atoms with E-state index in [0.717, 1.165) is 49.7 Å². The van der Waals surface area contributed by atoms with E-state index >= 15 is 0 Å². The van der Waals surface area contributed by atoms with E-state index in [1.807, 2.05) is 24.3 Å². The van der Waals surface area contributed by atoms with Crippen LogP contribution >= 0.6 is 0 Å². The maximum Gasteiger partial charge on any atom is 0.144 e. The molecule has 1 aliphatic heterocycles. The highest BCUT2D eigenvalue weighted by Gasteiger charge is 2.10. The monoisotopic (exact) mass is 331 g/mol. The van der Waals surface area contributed by atoms with Gasteiger partial charge in [-0.2, -0.15) is 0 Å². The molecule has 0 saturated carbocycles. The summed E-state index contributed by atoms with van der Waals surface area (Å²) in [5.74, 6) is 0.825. The lowest BCUT2D eigenvalue weighted by Gasteiger charge is -2.01. The second-order valence-corrected chi connectivity index (χ2v) is 6.46. The summed E-state index contributed by atoms with van der Waals surface area (Å²) in [4.78, 5) is 11.7. The summed E-state index contributed by atoms with van der Waals surface area (Å²) in [7, 11) is 1.70. The minimum atomic E-state index is 0.825. The van der Waals surface area contributed by atoms with Gasteiger partial charge in [0.2, 0.25) is 0 Å². The summed E-state index contributed by atoms with van der Waals surface area (Å²) in [6, 6.07) is 12.3. The molecule has 0 amide bonds. The lowest BCUT2D eigenvalue weighted by molar-refractivity contribution is 0.411. The SMILES string of the molecule is COc1c/c(=C2\C=c3ccccc3=N2)[nH]c1=C(C)c1[nH]c(C)cc1C. The Bertz CT molecular complexity index is 1170. The van der Waals surface area contributed by atoms with Gasteiger partial charge in [0.1, 0.15) is 5.75 Å². The smallest absolute Gasteiger partial charge is 0.144 e. The Kier molecular flexibility index (Phi) is 3.61. The molecule has 3 aromatic rings. The molecule has 4 rings (SSSR count). The number of aryl methyl sites for hydroxylation is 2. The Morgan fingerprint density at radius 1 is 1.08 bits per heavy atom. The first-order valence-electron chi connectivity index (χ1n) is 8.37. The molecule has 3 heterocycles. The molecule has 0 atom stereocenters. The van der Waals surface area contributed by atoms with E-state index in [1.165, 1.54) is 5.56 Å². The van der Waals surface area contributed by atoms with Crippen molar-refractivity contribution in [2.24, 2.45) is 4.99 Å². The van der Waals surface area contributed by atoms with Crippen LogP contribution in [-0.4, -0.2) is 17.1 Å². The molecule has 0 bridgehead atoms. The van der Waals surface area contributed by atoms with Gasteiger partial charge in [0.05, 0.1) is 28.9 Å². The maximum atomic E-state index is 5.62. The average molecular weight is 331 g/mol. The molecule has 2 aromatic heterocycles. The molecule has 2 N–H and O–H groups in total. The van der Waals surface area contributed by atoms with Crippen LogP contribution in [0.4, 0.5) is 0 Å². The number of ether oxygens (including phenoxy) is 1. The topological polar surface area (TPSA) is 53.2 Å². The largest absolute Gasteiger partial charge is 0.494 e. The van der Waals surface area contributed by atoms with Crippen LogP contribution in [0, 0.1) is 13.8 Å². The van der Waals surface area contributed by atoms with E-state index in [0.29, 0.717) is 0 Å². The number of benzene rings is 1. The lowest BCUT2D eigenvalue weighted by Crippen LogP contribution is -2.19. The predicted molar refractivity (Wildman–Crippen MR) is 100 cm³/mol. The molecule has 0 saturated heterocycles. The van der Waals surface area contributed by atoms with Crippen molar-refractivity contribution >= 4 is 17.3 Å². The number of methoxy groups -OCH3 is 1. The van der Waals surface area contributed by atoms with Crippen LogP contribution < -0.4 is 26.0 Å². The summed E-state index contributed by atoms with van der Waals surface area (Å²) in [6.07, 6.45) is 2.10. The highest BCUT2D eigenvalue weighted by atomic mass is 16.5. The number of H-pyrrole nitrogens is 2. The Hall–Kier alpha value is -3.01. The van der Waals surface area contributed by atoms with Gasteiger partial charge in [0.25, 0.3) is 0 Å². The second-order valence-electron chi connectivity index (χ2n) is 6.46. The molecule has 0 spiro atoms. The van der Waals surface area contributed by atoms with Crippen molar-refractivity contribution in [3.05, 3.63) is 74.6 Å². The van der Waals surface area contributed by atoms with Crippen molar-refractivity contribution < 1.29 is 4.74 Å². The highest BCUT2D eigenvalue weighted by molar-refractivity contribution is 5.77. The molecule has 1 aromatic carbocycles. The normalized spacial score (nSPS) is 16.2. The van der Waals surface area contributed by atoms with Crippen molar-refractivity contribution in [3.63, 3.8) is 0 Å². The third-order valence-corrected chi connectivity index (χ3v) is 4.65. The summed E-state index contributed by atoms with van der Waals surface area (Å²) >= 11 is 0. The number of nitrogens with zero attached hydrogens (tertiary/aromatic N) is 1. The van der Waals surface area contributed by atoms with Crippen molar-refractivity contribution in [3.8, 4) is 5.75 Å². The van der Waals surface area contributed by atoms with Crippen molar-refractivity contribution in [1.82, 2.24) is 9.97 Å². The van der Waals surface area contributed by atoms with Crippen molar-refractivity contribution in [2.45, 2.75) is 20.8 Å². The number of para-hydroxylation sites is 1. The zero-order chi connectivity index (χ0) is 17.6. The molecular formula is C21H21N3O. The fraction of sp³-hybridized carbons (Fsp3) is 0.190. The van der Waals surface area contributed by atoms with Gasteiger partial charge in [-0.1, -0.05) is 18.2 Å². The standard InChI is InChI=1S/C21H21N3O/c1-12-9-13(2)22-20(12)14(3)21-19(25-4)11-18(24-21)17-10-15-7-5-6-8-16(15)23-17/h5-11,22,24H,1-4H3/b18-17-,21-14?. The van der Waals surface area contributed by atoms with Crippen LogP contribution in [0.5, 0.6) is 5.75 Å². The molecule has 25 heavy (non-hydrogen) atoms. The first-order valence-corrected chi connectivity index (χ1v) is 8.37. The van der Waals surface area contributed by atoms with Crippen molar-refractivity contribution in [1.29, 1.82) is 0 Å². The zero-order valence-corrected chi connectivity index (χ0v) is 14.9. The van der Waals surface area contributed by atoms with Crippen LogP contribution in [0.3, 0.4) is 0 Å². The molecule has 0 radical (unpaired) electrons. The number of aromatic amines is 2. The van der Waals surface area contributed by atoms with Gasteiger partial charge < -0.3 is 14.7 Å². The molecule has 126 valence electrons. The maximum absolute atomic E-state index is 5.62. The zero-order valence-electron chi connectivity index (χ0n) is 14.9. The minimum absolute atomic E-state index is 0.825. The molecule has 0 aliphatic carbocycles. The van der Waals surface area contributed by atoms with E-state index in [-0.39, 0.29) is 0 Å². The van der Waals surface area contributed by atoms with Crippen LogP contribution in [0.1, 0.15) is 23.9 Å². The van der Waals surface area contributed by atoms with E-state index in [4.69, 9.17) is 9.73 Å². The van der Waals surface area contributed by atoms with E-state index in [9.17, 15) is 0 Å². The first-order chi connectivity index (χ1) is 12.1. The number of aromatic nitrogens is 2. The summed E-state index contributed by atoms with van der Waals surface area (Å²) in [5, 5.41) is 4.09. The third kappa shape index (κ3) is 2.60. The van der Waals surface area contributed by atoms with Gasteiger partial charge in [-0.3, -0.25) is 0 Å². The number of fused-ring (bicyclic) bond motifs is 1. The number of nitrogens with one attached hydrogen (secondary N) is 2. The molecule has 0 unspecified atom stereocenters. The summed E-state index contributed by atoms with van der Waals surface area (Å²) in [6.45, 7) is 6.29. The third-order valence-electron chi connectivity index (χ3n) is 4.65. The Balaban J connectivity index is 1.99. The molecule has 4 heteroatoms. The van der Waals surface area contributed by atoms with Gasteiger partial charge in [-0.15, -0.1) is 0 Å². The Morgan fingerprint density at radius 3 is 2.56 bits per heavy atom. The van der Waals surface area contributed by atoms with Crippen LogP contribution in [0.25, 0.3) is 17.3 Å². The number of hydrogen-bond acceptors (Lipinski definition) is 2. The summed E-state index contributed by atoms with van der Waals surface area (Å²) in [5.41, 5.74) is 5.57. The van der Waals surface area contributed by atoms with Gasteiger partial charge in [0, 0.05) is 28.2 Å². The number of hydrogen-bond donors (Lipinski definition) is 2. The minimum Gasteiger partial charge on any atom is -0.494 e. The van der Waals surface area contributed by atoms with Crippen molar-refractivity contribution in [2.75, 3.05) is 7.11 Å². The highest BCUT2D eigenvalue weighted by Crippen LogP contribution is 2.17. The Morgan fingerprint density at radius 2 is 1.88 bits per heavy atom. The molecule has 4 nitrogen and oxygen atoms in total. The molecule has 1 aliphatic rings. The van der Waals surface area contributed by atoms with Gasteiger partial charge in [-0.05, 0) is 44.5 Å². The fourth-order valence-electron chi connectivity index (χ4n) is 3.42. The predicted octanol–water partition coefficient (Wildman–Crippen LogP) is 1.41. The number of rotatable bonds is 2. The van der Waals surface area contributed by atoms with Gasteiger partial charge in [-0.25, -0.2) is 4.99 Å². The average Bonchev–Trinajstić information content (AvgIpc) is 3.29. The Labute approximate surface area is 145 Å². The quantitative estimate of drug-likeness (QED) is 0.733. The first kappa shape index (κ1) is 15.5. The van der Waals surface area contributed by atoms with Crippen LogP contribution in [0.15, 0.2) is 41.4 Å². The van der Waals surface area contributed by atoms with E-state index in [1.54, 1.807) is 7.11 Å². The lowest BCUT2D eigenvalue weighted by atomic mass is 10.1. The molecule has 0 fully saturated rings. The fourth-order valence-corrected chi connectivity index (χ4v) is 3.42.